The van der Waals surface area contributed by atoms with Crippen LogP contribution in [0.1, 0.15) is 5.82 Å². The van der Waals surface area contributed by atoms with Crippen molar-refractivity contribution in [1.29, 1.82) is 0 Å². The summed E-state index contributed by atoms with van der Waals surface area (Å²) in [5, 5.41) is -0.970. The minimum Gasteiger partial charge on any atom is -0.213 e. The van der Waals surface area contributed by atoms with Crippen molar-refractivity contribution in [2.24, 2.45) is 0 Å². The van der Waals surface area contributed by atoms with Gasteiger partial charge >= 0.3 is 0 Å². The third-order valence-corrected chi connectivity index (χ3v) is 2.03. The molecule has 72 valence electrons. The van der Waals surface area contributed by atoms with Crippen LogP contribution in [0.3, 0.4) is 0 Å². The summed E-state index contributed by atoms with van der Waals surface area (Å²) in [6, 6.07) is 0. The van der Waals surface area contributed by atoms with E-state index in [1.54, 1.807) is 0 Å². The number of halogens is 6. The van der Waals surface area contributed by atoms with E-state index in [1.807, 2.05) is 0 Å². The molecule has 1 heterocycles. The lowest BCUT2D eigenvalue weighted by atomic mass is 10.6. The van der Waals surface area contributed by atoms with Gasteiger partial charge in [0.05, 0.1) is 0 Å². The van der Waals surface area contributed by atoms with Gasteiger partial charge in [-0.15, -0.1) is 0 Å². The fraction of sp³-hybridized carbons (Fsp3) is 0.200. The van der Waals surface area contributed by atoms with Gasteiger partial charge in [-0.1, -0.05) is 58.0 Å². The second-order valence-electron chi connectivity index (χ2n) is 1.94. The molecule has 0 aliphatic carbocycles. The van der Waals surface area contributed by atoms with Crippen molar-refractivity contribution < 1.29 is 4.39 Å². The Kier molecular flexibility index (Phi) is 3.47. The highest BCUT2D eigenvalue weighted by atomic mass is 35.6. The van der Waals surface area contributed by atoms with Gasteiger partial charge in [-0.3, -0.25) is 0 Å². The summed E-state index contributed by atoms with van der Waals surface area (Å²) in [5.74, 6) is -1.21. The maximum atomic E-state index is 12.8. The first-order valence-electron chi connectivity index (χ1n) is 2.78. The highest BCUT2D eigenvalue weighted by Crippen LogP contribution is 2.37. The molecule has 2 nitrogen and oxygen atoms in total. The van der Waals surface area contributed by atoms with E-state index in [2.05, 4.69) is 9.97 Å². The molecule has 1 aromatic rings. The number of alkyl halides is 3. The molecule has 1 rings (SSSR count). The molecule has 0 atom stereocenters. The van der Waals surface area contributed by atoms with E-state index < -0.39 is 19.9 Å². The number of hydrogen-bond donors (Lipinski definition) is 0. The summed E-state index contributed by atoms with van der Waals surface area (Å²) < 4.78 is 10.9. The van der Waals surface area contributed by atoms with Crippen molar-refractivity contribution in [2.45, 2.75) is 3.79 Å². The zero-order valence-corrected chi connectivity index (χ0v) is 9.44. The molecule has 13 heavy (non-hydrogen) atoms. The average molecular weight is 284 g/mol. The summed E-state index contributed by atoms with van der Waals surface area (Å²) in [5.41, 5.74) is 0. The largest absolute Gasteiger partial charge is 0.250 e. The summed E-state index contributed by atoms with van der Waals surface area (Å²) in [6.45, 7) is 0. The standard InChI is InChI=1S/C5Cl5FN2/c6-2-1(11)3(7)13-4(12-2)5(8,9)10. The molecule has 0 radical (unpaired) electrons. The predicted octanol–water partition coefficient (Wildman–Crippen LogP) is 3.75. The highest BCUT2D eigenvalue weighted by Gasteiger charge is 2.28. The molecule has 0 aliphatic rings. The van der Waals surface area contributed by atoms with Crippen molar-refractivity contribution in [3.05, 3.63) is 21.9 Å². The Morgan fingerprint density at radius 2 is 1.38 bits per heavy atom. The van der Waals surface area contributed by atoms with E-state index in [9.17, 15) is 4.39 Å². The van der Waals surface area contributed by atoms with Crippen LogP contribution in [0.5, 0.6) is 0 Å². The predicted molar refractivity (Wildman–Crippen MR) is 51.2 cm³/mol. The fourth-order valence-corrected chi connectivity index (χ4v) is 1.16. The van der Waals surface area contributed by atoms with Crippen LogP contribution in [0.4, 0.5) is 4.39 Å². The first-order chi connectivity index (χ1) is 5.82. The quantitative estimate of drug-likeness (QED) is 0.535. The van der Waals surface area contributed by atoms with Gasteiger partial charge in [-0.05, 0) is 0 Å². The normalized spacial score (nSPS) is 11.8. The number of rotatable bonds is 0. The maximum Gasteiger partial charge on any atom is 0.250 e. The van der Waals surface area contributed by atoms with Crippen LogP contribution in [0.2, 0.25) is 10.3 Å². The molecule has 8 heteroatoms. The van der Waals surface area contributed by atoms with Crippen LogP contribution in [-0.2, 0) is 3.79 Å². The molecule has 0 saturated heterocycles. The molecule has 0 bridgehead atoms. The minimum absolute atomic E-state index is 0.270. The molecule has 0 aliphatic heterocycles. The summed E-state index contributed by atoms with van der Waals surface area (Å²) in [4.78, 5) is 6.81. The van der Waals surface area contributed by atoms with Crippen LogP contribution in [0.25, 0.3) is 0 Å². The fourth-order valence-electron chi connectivity index (χ4n) is 0.521. The summed E-state index contributed by atoms with van der Waals surface area (Å²) in [6.07, 6.45) is 0. The van der Waals surface area contributed by atoms with Gasteiger partial charge in [-0.2, -0.15) is 0 Å². The van der Waals surface area contributed by atoms with E-state index in [1.165, 1.54) is 0 Å². The molecule has 0 N–H and O–H groups in total. The second-order valence-corrected chi connectivity index (χ2v) is 4.94. The second kappa shape index (κ2) is 3.91. The topological polar surface area (TPSA) is 25.8 Å². The van der Waals surface area contributed by atoms with E-state index >= 15 is 0 Å². The highest BCUT2D eigenvalue weighted by molar-refractivity contribution is 6.66. The minimum atomic E-state index is -1.87. The first-order valence-corrected chi connectivity index (χ1v) is 4.67. The van der Waals surface area contributed by atoms with Crippen LogP contribution in [0, 0.1) is 5.82 Å². The zero-order valence-electron chi connectivity index (χ0n) is 5.66. The van der Waals surface area contributed by atoms with Crippen molar-refractivity contribution >= 4 is 58.0 Å². The lowest BCUT2D eigenvalue weighted by molar-refractivity contribution is 0.610. The molecule has 0 amide bonds. The van der Waals surface area contributed by atoms with Gasteiger partial charge in [0.1, 0.15) is 0 Å². The van der Waals surface area contributed by atoms with Gasteiger partial charge in [0.15, 0.2) is 21.9 Å². The van der Waals surface area contributed by atoms with Crippen molar-refractivity contribution in [1.82, 2.24) is 9.97 Å². The van der Waals surface area contributed by atoms with E-state index in [4.69, 9.17) is 58.0 Å². The number of aromatic nitrogens is 2. The van der Waals surface area contributed by atoms with E-state index in [0.29, 0.717) is 0 Å². The van der Waals surface area contributed by atoms with Crippen LogP contribution in [0.15, 0.2) is 0 Å². The lowest BCUT2D eigenvalue weighted by Gasteiger charge is -2.09. The first kappa shape index (κ1) is 11.5. The molecule has 0 saturated carbocycles. The Morgan fingerprint density at radius 3 is 1.69 bits per heavy atom. The van der Waals surface area contributed by atoms with Crippen molar-refractivity contribution in [3.8, 4) is 0 Å². The maximum absolute atomic E-state index is 12.8. The van der Waals surface area contributed by atoms with E-state index in [0.717, 1.165) is 0 Å². The average Bonchev–Trinajstić information content (AvgIpc) is 1.97. The van der Waals surface area contributed by atoms with Crippen LogP contribution < -0.4 is 0 Å². The van der Waals surface area contributed by atoms with Crippen molar-refractivity contribution in [2.75, 3.05) is 0 Å². The Morgan fingerprint density at radius 1 is 1.00 bits per heavy atom. The Hall–Kier alpha value is 0.460. The molecular weight excluding hydrogens is 284 g/mol. The molecule has 0 unspecified atom stereocenters. The Balaban J connectivity index is 3.29. The van der Waals surface area contributed by atoms with Gasteiger partial charge in [0, 0.05) is 0 Å². The molecule has 1 aromatic heterocycles. The zero-order chi connectivity index (χ0) is 10.2. The number of nitrogens with zero attached hydrogens (tertiary/aromatic N) is 2. The van der Waals surface area contributed by atoms with Gasteiger partial charge < -0.3 is 0 Å². The Labute approximate surface area is 97.9 Å². The summed E-state index contributed by atoms with van der Waals surface area (Å²) in [7, 11) is 0. The molecule has 0 spiro atoms. The SMILES string of the molecule is Fc1c(Cl)nc(C(Cl)(Cl)Cl)nc1Cl. The lowest BCUT2D eigenvalue weighted by Crippen LogP contribution is -2.08. The van der Waals surface area contributed by atoms with E-state index in [-0.39, 0.29) is 5.82 Å². The van der Waals surface area contributed by atoms with Crippen LogP contribution >= 0.6 is 58.0 Å². The molecule has 0 aromatic carbocycles. The third kappa shape index (κ3) is 2.70. The summed E-state index contributed by atoms with van der Waals surface area (Å²) >= 11 is 26.9. The smallest absolute Gasteiger partial charge is 0.213 e. The van der Waals surface area contributed by atoms with Gasteiger partial charge in [-0.25, -0.2) is 14.4 Å². The Bertz CT molecular complexity index is 313. The van der Waals surface area contributed by atoms with Crippen LogP contribution in [-0.4, -0.2) is 9.97 Å². The van der Waals surface area contributed by atoms with Gasteiger partial charge in [0.25, 0.3) is 0 Å². The monoisotopic (exact) mass is 282 g/mol. The molecule has 0 fully saturated rings. The number of hydrogen-bond acceptors (Lipinski definition) is 2. The van der Waals surface area contributed by atoms with Crippen molar-refractivity contribution in [3.63, 3.8) is 0 Å². The van der Waals surface area contributed by atoms with Gasteiger partial charge in [0.2, 0.25) is 3.79 Å². The molecular formula is C5Cl5FN2. The third-order valence-electron chi connectivity index (χ3n) is 1.02.